The van der Waals surface area contributed by atoms with Gasteiger partial charge in [-0.25, -0.2) is 0 Å². The van der Waals surface area contributed by atoms with Crippen molar-refractivity contribution >= 4 is 17.5 Å². The van der Waals surface area contributed by atoms with E-state index in [2.05, 4.69) is 27.6 Å². The smallest absolute Gasteiger partial charge is 0.231 e. The number of amides is 2. The van der Waals surface area contributed by atoms with E-state index in [1.165, 1.54) is 5.56 Å². The Balaban J connectivity index is 1.39. The molecule has 1 aliphatic heterocycles. The number of nitrogens with zero attached hydrogens (tertiary/aromatic N) is 3. The molecule has 1 atom stereocenters. The number of hydrogen-bond donors (Lipinski definition) is 1. The van der Waals surface area contributed by atoms with Crippen molar-refractivity contribution in [2.45, 2.75) is 44.9 Å². The third-order valence-electron chi connectivity index (χ3n) is 5.76. The topological polar surface area (TPSA) is 88.3 Å². The first-order chi connectivity index (χ1) is 15.6. The van der Waals surface area contributed by atoms with Gasteiger partial charge in [0, 0.05) is 37.2 Å². The van der Waals surface area contributed by atoms with Gasteiger partial charge < -0.3 is 14.7 Å². The van der Waals surface area contributed by atoms with Gasteiger partial charge in [-0.1, -0.05) is 54.5 Å². The van der Waals surface area contributed by atoms with E-state index < -0.39 is 0 Å². The molecule has 166 valence electrons. The van der Waals surface area contributed by atoms with Crippen molar-refractivity contribution in [3.05, 3.63) is 66.1 Å². The van der Waals surface area contributed by atoms with Gasteiger partial charge in [0.2, 0.25) is 23.5 Å². The quantitative estimate of drug-likeness (QED) is 0.597. The predicted octanol–water partition coefficient (Wildman–Crippen LogP) is 4.42. The number of rotatable bonds is 7. The molecule has 0 aliphatic carbocycles. The van der Waals surface area contributed by atoms with Gasteiger partial charge >= 0.3 is 0 Å². The summed E-state index contributed by atoms with van der Waals surface area (Å²) in [5.41, 5.74) is 2.65. The Hall–Kier alpha value is -3.48. The van der Waals surface area contributed by atoms with E-state index in [0.29, 0.717) is 36.8 Å². The lowest BCUT2D eigenvalue weighted by atomic mass is 9.97. The van der Waals surface area contributed by atoms with Crippen molar-refractivity contribution in [3.63, 3.8) is 0 Å². The van der Waals surface area contributed by atoms with Crippen LogP contribution < -0.4 is 5.32 Å². The van der Waals surface area contributed by atoms with Gasteiger partial charge in [-0.3, -0.25) is 9.59 Å². The molecule has 3 aromatic rings. The van der Waals surface area contributed by atoms with Crippen LogP contribution in [0, 0.1) is 0 Å². The molecule has 1 fully saturated rings. The highest BCUT2D eigenvalue weighted by atomic mass is 16.5. The average molecular weight is 433 g/mol. The van der Waals surface area contributed by atoms with E-state index in [1.807, 2.05) is 54.3 Å². The van der Waals surface area contributed by atoms with E-state index >= 15 is 0 Å². The van der Waals surface area contributed by atoms with Crippen LogP contribution in [-0.4, -0.2) is 39.9 Å². The summed E-state index contributed by atoms with van der Waals surface area (Å²) in [5, 5.41) is 6.99. The number of benzene rings is 2. The lowest BCUT2D eigenvalue weighted by Crippen LogP contribution is -2.39. The first-order valence-corrected chi connectivity index (χ1v) is 11.2. The van der Waals surface area contributed by atoms with Crippen molar-refractivity contribution in [3.8, 4) is 11.4 Å². The second-order valence-corrected chi connectivity index (χ2v) is 8.10. The fraction of sp³-hybridized carbons (Fsp3) is 0.360. The minimum Gasteiger partial charge on any atom is -0.342 e. The normalized spacial score (nSPS) is 16.0. The van der Waals surface area contributed by atoms with Crippen LogP contribution in [0.4, 0.5) is 5.69 Å². The molecule has 32 heavy (non-hydrogen) atoms. The van der Waals surface area contributed by atoms with Crippen LogP contribution in [-0.2, 0) is 16.0 Å². The molecule has 0 bridgehead atoms. The summed E-state index contributed by atoms with van der Waals surface area (Å²) in [4.78, 5) is 30.9. The van der Waals surface area contributed by atoms with Crippen LogP contribution in [0.3, 0.4) is 0 Å². The van der Waals surface area contributed by atoms with Gasteiger partial charge in [-0.15, -0.1) is 0 Å². The molecule has 1 saturated heterocycles. The van der Waals surface area contributed by atoms with Gasteiger partial charge in [0.1, 0.15) is 0 Å². The molecule has 7 heteroatoms. The van der Waals surface area contributed by atoms with Crippen molar-refractivity contribution < 1.29 is 14.1 Å². The van der Waals surface area contributed by atoms with E-state index in [-0.39, 0.29) is 17.7 Å². The number of aryl methyl sites for hydroxylation is 1. The minimum absolute atomic E-state index is 0.0358. The van der Waals surface area contributed by atoms with Crippen LogP contribution in [0.5, 0.6) is 0 Å². The van der Waals surface area contributed by atoms with Crippen LogP contribution in [0.2, 0.25) is 0 Å². The maximum Gasteiger partial charge on any atom is 0.231 e. The lowest BCUT2D eigenvalue weighted by Gasteiger charge is -2.31. The van der Waals surface area contributed by atoms with Crippen LogP contribution >= 0.6 is 0 Å². The molecule has 2 amide bonds. The Bertz CT molecular complexity index is 1060. The number of anilines is 1. The standard InChI is InChI=1S/C25H28N4O3/c1-2-22(30)26-21-12-6-10-19(16-21)24-27-25(32-28-24)20-11-7-15-29(17-20)23(31)14-13-18-8-4-3-5-9-18/h3-6,8-10,12,16,20H,2,7,11,13-15,17H2,1H3,(H,26,30)/t20-/m0/s1. The highest BCUT2D eigenvalue weighted by molar-refractivity contribution is 5.91. The van der Waals surface area contributed by atoms with Crippen molar-refractivity contribution in [2.75, 3.05) is 18.4 Å². The fourth-order valence-corrected chi connectivity index (χ4v) is 3.96. The molecule has 7 nitrogen and oxygen atoms in total. The summed E-state index contributed by atoms with van der Waals surface area (Å²) in [5.74, 6) is 1.20. The minimum atomic E-state index is -0.0461. The summed E-state index contributed by atoms with van der Waals surface area (Å²) in [6, 6.07) is 17.5. The molecule has 1 aliphatic rings. The van der Waals surface area contributed by atoms with Crippen molar-refractivity contribution in [1.82, 2.24) is 15.0 Å². The van der Waals surface area contributed by atoms with Crippen LogP contribution in [0.15, 0.2) is 59.1 Å². The zero-order valence-corrected chi connectivity index (χ0v) is 18.3. The highest BCUT2D eigenvalue weighted by Gasteiger charge is 2.28. The maximum absolute atomic E-state index is 12.8. The van der Waals surface area contributed by atoms with Crippen molar-refractivity contribution in [2.24, 2.45) is 0 Å². The molecular formula is C25H28N4O3. The molecule has 2 aromatic carbocycles. The number of likely N-dealkylation sites (tertiary alicyclic amines) is 1. The molecule has 4 rings (SSSR count). The second-order valence-electron chi connectivity index (χ2n) is 8.10. The van der Waals surface area contributed by atoms with Crippen LogP contribution in [0.1, 0.15) is 50.0 Å². The molecule has 0 saturated carbocycles. The molecule has 2 heterocycles. The Kier molecular flexibility index (Phi) is 6.94. The Morgan fingerprint density at radius 1 is 1.16 bits per heavy atom. The molecule has 0 spiro atoms. The van der Waals surface area contributed by atoms with Crippen LogP contribution in [0.25, 0.3) is 11.4 Å². The fourth-order valence-electron chi connectivity index (χ4n) is 3.96. The molecular weight excluding hydrogens is 404 g/mol. The number of aromatic nitrogens is 2. The molecule has 1 aromatic heterocycles. The molecule has 0 unspecified atom stereocenters. The number of nitrogens with one attached hydrogen (secondary N) is 1. The zero-order chi connectivity index (χ0) is 22.3. The Morgan fingerprint density at radius 2 is 2.00 bits per heavy atom. The third kappa shape index (κ3) is 5.41. The summed E-state index contributed by atoms with van der Waals surface area (Å²) in [6.07, 6.45) is 3.49. The first-order valence-electron chi connectivity index (χ1n) is 11.2. The van der Waals surface area contributed by atoms with Gasteiger partial charge in [-0.05, 0) is 37.0 Å². The predicted molar refractivity (Wildman–Crippen MR) is 122 cm³/mol. The van der Waals surface area contributed by atoms with Gasteiger partial charge in [0.25, 0.3) is 0 Å². The summed E-state index contributed by atoms with van der Waals surface area (Å²) in [6.45, 7) is 3.18. The Labute approximate surface area is 187 Å². The van der Waals surface area contributed by atoms with E-state index in [0.717, 1.165) is 31.4 Å². The monoisotopic (exact) mass is 432 g/mol. The largest absolute Gasteiger partial charge is 0.342 e. The SMILES string of the molecule is CCC(=O)Nc1cccc(-c2noc([C@H]3CCCN(C(=O)CCc4ccccc4)C3)n2)c1. The molecule has 0 radical (unpaired) electrons. The average Bonchev–Trinajstić information content (AvgIpc) is 3.34. The first kappa shape index (κ1) is 21.7. The number of piperidine rings is 1. The summed E-state index contributed by atoms with van der Waals surface area (Å²) < 4.78 is 5.57. The number of carbonyl (C=O) groups excluding carboxylic acids is 2. The van der Waals surface area contributed by atoms with Gasteiger partial charge in [0.15, 0.2) is 0 Å². The summed E-state index contributed by atoms with van der Waals surface area (Å²) >= 11 is 0. The number of hydrogen-bond acceptors (Lipinski definition) is 5. The summed E-state index contributed by atoms with van der Waals surface area (Å²) in [7, 11) is 0. The van der Waals surface area contributed by atoms with Crippen molar-refractivity contribution in [1.29, 1.82) is 0 Å². The zero-order valence-electron chi connectivity index (χ0n) is 18.3. The third-order valence-corrected chi connectivity index (χ3v) is 5.76. The highest BCUT2D eigenvalue weighted by Crippen LogP contribution is 2.28. The van der Waals surface area contributed by atoms with E-state index in [1.54, 1.807) is 0 Å². The van der Waals surface area contributed by atoms with Gasteiger partial charge in [0.05, 0.1) is 5.92 Å². The second kappa shape index (κ2) is 10.2. The number of carbonyl (C=O) groups is 2. The maximum atomic E-state index is 12.8. The molecule has 1 N–H and O–H groups in total. The van der Waals surface area contributed by atoms with E-state index in [9.17, 15) is 9.59 Å². The lowest BCUT2D eigenvalue weighted by molar-refractivity contribution is -0.132. The van der Waals surface area contributed by atoms with Gasteiger partial charge in [-0.2, -0.15) is 4.98 Å². The van der Waals surface area contributed by atoms with E-state index in [4.69, 9.17) is 4.52 Å². The Morgan fingerprint density at radius 3 is 2.81 bits per heavy atom.